The van der Waals surface area contributed by atoms with Crippen LogP contribution < -0.4 is 10.5 Å². The van der Waals surface area contributed by atoms with Gasteiger partial charge in [0.05, 0.1) is 12.1 Å². The van der Waals surface area contributed by atoms with Crippen molar-refractivity contribution in [1.29, 1.82) is 0 Å². The van der Waals surface area contributed by atoms with Gasteiger partial charge < -0.3 is 10.5 Å². The zero-order chi connectivity index (χ0) is 13.2. The van der Waals surface area contributed by atoms with Crippen molar-refractivity contribution in [3.63, 3.8) is 0 Å². The minimum atomic E-state index is -0.518. The number of nitrogens with two attached hydrogens (primary N) is 1. The highest BCUT2D eigenvalue weighted by atomic mass is 35.5. The van der Waals surface area contributed by atoms with Gasteiger partial charge in [-0.1, -0.05) is 11.6 Å². The number of ether oxygens (including phenoxy) is 1. The molecule has 0 saturated carbocycles. The smallest absolute Gasteiger partial charge is 0.165 e. The molecule has 94 valence electrons. The molecular formula is C13H18ClNO2. The van der Waals surface area contributed by atoms with Crippen LogP contribution in [0.5, 0.6) is 5.75 Å². The molecule has 0 aromatic heterocycles. The van der Waals surface area contributed by atoms with E-state index in [1.807, 2.05) is 20.8 Å². The second-order valence-electron chi connectivity index (χ2n) is 4.89. The molecule has 0 amide bonds. The third kappa shape index (κ3) is 3.72. The molecule has 0 aliphatic heterocycles. The zero-order valence-corrected chi connectivity index (χ0v) is 11.4. The average Bonchev–Trinajstić information content (AvgIpc) is 2.18. The molecule has 0 radical (unpaired) electrons. The number of aryl methyl sites for hydroxylation is 1. The van der Waals surface area contributed by atoms with Crippen LogP contribution >= 0.6 is 11.6 Å². The van der Waals surface area contributed by atoms with Crippen LogP contribution in [-0.2, 0) is 0 Å². The van der Waals surface area contributed by atoms with Crippen molar-refractivity contribution in [3.8, 4) is 5.75 Å². The Morgan fingerprint density at radius 2 is 2.06 bits per heavy atom. The van der Waals surface area contributed by atoms with Crippen LogP contribution in [0.25, 0.3) is 0 Å². The number of carbonyl (C=O) groups is 1. The molecule has 0 spiro atoms. The predicted octanol–water partition coefficient (Wildman–Crippen LogP) is 2.97. The first-order chi connectivity index (χ1) is 7.74. The lowest BCUT2D eigenvalue weighted by Gasteiger charge is -2.18. The van der Waals surface area contributed by atoms with Crippen molar-refractivity contribution in [3.05, 3.63) is 28.3 Å². The van der Waals surface area contributed by atoms with E-state index >= 15 is 0 Å². The monoisotopic (exact) mass is 255 g/mol. The zero-order valence-electron chi connectivity index (χ0n) is 10.6. The average molecular weight is 256 g/mol. The summed E-state index contributed by atoms with van der Waals surface area (Å²) < 4.78 is 5.09. The fourth-order valence-corrected chi connectivity index (χ4v) is 1.86. The molecular weight excluding hydrogens is 238 g/mol. The molecule has 17 heavy (non-hydrogen) atoms. The van der Waals surface area contributed by atoms with E-state index in [1.54, 1.807) is 19.2 Å². The van der Waals surface area contributed by atoms with Crippen molar-refractivity contribution < 1.29 is 9.53 Å². The number of rotatable bonds is 4. The molecule has 1 aromatic carbocycles. The number of hydrogen-bond acceptors (Lipinski definition) is 3. The van der Waals surface area contributed by atoms with Gasteiger partial charge in [0.25, 0.3) is 0 Å². The first kappa shape index (κ1) is 14.0. The molecule has 0 aliphatic carbocycles. The van der Waals surface area contributed by atoms with E-state index in [2.05, 4.69) is 0 Å². The van der Waals surface area contributed by atoms with Crippen LogP contribution in [-0.4, -0.2) is 18.4 Å². The van der Waals surface area contributed by atoms with Gasteiger partial charge in [0.2, 0.25) is 0 Å². The summed E-state index contributed by atoms with van der Waals surface area (Å²) >= 11 is 6.01. The highest BCUT2D eigenvalue weighted by Crippen LogP contribution is 2.29. The molecule has 4 heteroatoms. The van der Waals surface area contributed by atoms with Gasteiger partial charge in [-0.15, -0.1) is 0 Å². The van der Waals surface area contributed by atoms with Gasteiger partial charge in [0.1, 0.15) is 5.75 Å². The van der Waals surface area contributed by atoms with Crippen molar-refractivity contribution >= 4 is 17.4 Å². The summed E-state index contributed by atoms with van der Waals surface area (Å²) in [4.78, 5) is 12.1. The Kier molecular flexibility index (Phi) is 4.17. The van der Waals surface area contributed by atoms with Gasteiger partial charge in [-0.2, -0.15) is 0 Å². The van der Waals surface area contributed by atoms with Gasteiger partial charge in [-0.25, -0.2) is 0 Å². The molecule has 0 heterocycles. The van der Waals surface area contributed by atoms with E-state index in [9.17, 15) is 4.79 Å². The Morgan fingerprint density at radius 1 is 1.47 bits per heavy atom. The summed E-state index contributed by atoms with van der Waals surface area (Å²) in [5, 5.41) is 0.441. The minimum absolute atomic E-state index is 0.000414. The summed E-state index contributed by atoms with van der Waals surface area (Å²) in [6.07, 6.45) is 0.288. The lowest BCUT2D eigenvalue weighted by molar-refractivity contribution is 0.0959. The predicted molar refractivity (Wildman–Crippen MR) is 70.0 cm³/mol. The summed E-state index contributed by atoms with van der Waals surface area (Å²) in [6, 6.07) is 3.41. The molecule has 2 N–H and O–H groups in total. The summed E-state index contributed by atoms with van der Waals surface area (Å²) in [5.74, 6) is 0.576. The molecule has 1 aromatic rings. The van der Waals surface area contributed by atoms with Gasteiger partial charge in [-0.3, -0.25) is 4.79 Å². The SMILES string of the molecule is COc1cc(C)c(C(=O)CC(C)(C)N)cc1Cl. The molecule has 1 rings (SSSR count). The normalized spacial score (nSPS) is 11.4. The fourth-order valence-electron chi connectivity index (χ4n) is 1.62. The van der Waals surface area contributed by atoms with Crippen molar-refractivity contribution in [2.75, 3.05) is 7.11 Å². The molecule has 0 saturated heterocycles. The minimum Gasteiger partial charge on any atom is -0.495 e. The second-order valence-corrected chi connectivity index (χ2v) is 5.30. The van der Waals surface area contributed by atoms with E-state index in [-0.39, 0.29) is 12.2 Å². The number of carbonyl (C=O) groups excluding carboxylic acids is 1. The number of Topliss-reactive ketones (excluding diaryl/α,β-unsaturated/α-hetero) is 1. The number of ketones is 1. The van der Waals surface area contributed by atoms with Crippen LogP contribution in [0.2, 0.25) is 5.02 Å². The van der Waals surface area contributed by atoms with Crippen LogP contribution in [0, 0.1) is 6.92 Å². The van der Waals surface area contributed by atoms with Gasteiger partial charge in [-0.05, 0) is 38.5 Å². The lowest BCUT2D eigenvalue weighted by Crippen LogP contribution is -2.34. The molecule has 0 fully saturated rings. The summed E-state index contributed by atoms with van der Waals surface area (Å²) in [7, 11) is 1.55. The summed E-state index contributed by atoms with van der Waals surface area (Å²) in [6.45, 7) is 5.51. The van der Waals surface area contributed by atoms with Crippen LogP contribution in [0.1, 0.15) is 36.2 Å². The quantitative estimate of drug-likeness (QED) is 0.842. The van der Waals surface area contributed by atoms with E-state index in [1.165, 1.54) is 0 Å². The van der Waals surface area contributed by atoms with Gasteiger partial charge in [0.15, 0.2) is 5.78 Å². The third-order valence-electron chi connectivity index (χ3n) is 2.42. The summed E-state index contributed by atoms with van der Waals surface area (Å²) in [5.41, 5.74) is 6.78. The van der Waals surface area contributed by atoms with Gasteiger partial charge >= 0.3 is 0 Å². The maximum atomic E-state index is 12.1. The van der Waals surface area contributed by atoms with Crippen LogP contribution in [0.15, 0.2) is 12.1 Å². The molecule has 0 atom stereocenters. The highest BCUT2D eigenvalue weighted by Gasteiger charge is 2.20. The molecule has 0 bridgehead atoms. The van der Waals surface area contributed by atoms with E-state index in [4.69, 9.17) is 22.1 Å². The van der Waals surface area contributed by atoms with Crippen molar-refractivity contribution in [1.82, 2.24) is 0 Å². The number of hydrogen-bond donors (Lipinski definition) is 1. The Hall–Kier alpha value is -1.06. The first-order valence-corrected chi connectivity index (χ1v) is 5.78. The number of halogens is 1. The third-order valence-corrected chi connectivity index (χ3v) is 2.71. The van der Waals surface area contributed by atoms with E-state index in [0.29, 0.717) is 16.3 Å². The van der Waals surface area contributed by atoms with Crippen molar-refractivity contribution in [2.24, 2.45) is 5.73 Å². The van der Waals surface area contributed by atoms with Crippen LogP contribution in [0.3, 0.4) is 0 Å². The topological polar surface area (TPSA) is 52.3 Å². The standard InChI is InChI=1S/C13H18ClNO2/c1-8-5-12(17-4)10(14)6-9(8)11(16)7-13(2,3)15/h5-6H,7,15H2,1-4H3. The Bertz CT molecular complexity index is 436. The molecule has 0 unspecified atom stereocenters. The lowest BCUT2D eigenvalue weighted by atomic mass is 9.93. The second kappa shape index (κ2) is 5.07. The number of methoxy groups -OCH3 is 1. The highest BCUT2D eigenvalue weighted by molar-refractivity contribution is 6.32. The van der Waals surface area contributed by atoms with E-state index < -0.39 is 5.54 Å². The molecule has 0 aliphatic rings. The van der Waals surface area contributed by atoms with E-state index in [0.717, 1.165) is 5.56 Å². The maximum absolute atomic E-state index is 12.1. The first-order valence-electron chi connectivity index (χ1n) is 5.41. The Morgan fingerprint density at radius 3 is 2.53 bits per heavy atom. The number of benzene rings is 1. The van der Waals surface area contributed by atoms with Crippen molar-refractivity contribution in [2.45, 2.75) is 32.7 Å². The largest absolute Gasteiger partial charge is 0.495 e. The fraction of sp³-hybridized carbons (Fsp3) is 0.462. The Labute approximate surface area is 107 Å². The Balaban J connectivity index is 3.07. The maximum Gasteiger partial charge on any atom is 0.165 e. The van der Waals surface area contributed by atoms with Gasteiger partial charge in [0, 0.05) is 17.5 Å². The van der Waals surface area contributed by atoms with Crippen LogP contribution in [0.4, 0.5) is 0 Å². The molecule has 3 nitrogen and oxygen atoms in total.